The molecule has 0 amide bonds. The van der Waals surface area contributed by atoms with Crippen molar-refractivity contribution in [2.45, 2.75) is 110 Å². The van der Waals surface area contributed by atoms with Crippen molar-refractivity contribution in [3.05, 3.63) is 0 Å². The predicted molar refractivity (Wildman–Crippen MR) is 123 cm³/mol. The van der Waals surface area contributed by atoms with Gasteiger partial charge < -0.3 is 14.6 Å². The molecule has 2 saturated heterocycles. The predicted octanol–water partition coefficient (Wildman–Crippen LogP) is 5.36. The molecule has 0 bridgehead atoms. The van der Waals surface area contributed by atoms with E-state index in [-0.39, 0.29) is 34.4 Å². The minimum Gasteiger partial charge on any atom is -0.393 e. The zero-order chi connectivity index (χ0) is 22.7. The summed E-state index contributed by atoms with van der Waals surface area (Å²) in [6.07, 6.45) is 9.19. The van der Waals surface area contributed by atoms with Crippen LogP contribution in [0.5, 0.6) is 0 Å². The van der Waals surface area contributed by atoms with Gasteiger partial charge in [-0.3, -0.25) is 4.79 Å². The average molecular weight is 445 g/mol. The van der Waals surface area contributed by atoms with Crippen molar-refractivity contribution in [3.63, 3.8) is 0 Å². The van der Waals surface area contributed by atoms with Crippen molar-refractivity contribution < 1.29 is 19.4 Å². The maximum absolute atomic E-state index is 14.1. The minimum absolute atomic E-state index is 0.162. The van der Waals surface area contributed by atoms with Gasteiger partial charge in [0, 0.05) is 30.1 Å². The molecule has 6 fully saturated rings. The summed E-state index contributed by atoms with van der Waals surface area (Å²) in [5.41, 5.74) is 0.0639. The molecule has 4 nitrogen and oxygen atoms in total. The zero-order valence-electron chi connectivity index (χ0n) is 20.9. The molecular weight excluding hydrogens is 400 g/mol. The van der Waals surface area contributed by atoms with Crippen LogP contribution in [0.2, 0.25) is 0 Å². The van der Waals surface area contributed by atoms with E-state index in [4.69, 9.17) is 9.47 Å². The van der Waals surface area contributed by atoms with Crippen LogP contribution in [0, 0.1) is 51.8 Å². The fourth-order valence-corrected chi connectivity index (χ4v) is 10.3. The second-order valence-corrected chi connectivity index (χ2v) is 13.7. The third kappa shape index (κ3) is 2.58. The van der Waals surface area contributed by atoms with E-state index < -0.39 is 5.79 Å². The summed E-state index contributed by atoms with van der Waals surface area (Å²) in [6.45, 7) is 12.5. The number of ether oxygens (including phenoxy) is 2. The van der Waals surface area contributed by atoms with Gasteiger partial charge >= 0.3 is 0 Å². The van der Waals surface area contributed by atoms with Crippen molar-refractivity contribution in [1.82, 2.24) is 0 Å². The van der Waals surface area contributed by atoms with Gasteiger partial charge in [0.25, 0.3) is 0 Å². The van der Waals surface area contributed by atoms with E-state index in [9.17, 15) is 9.90 Å². The zero-order valence-corrected chi connectivity index (χ0v) is 20.9. The van der Waals surface area contributed by atoms with Crippen LogP contribution < -0.4 is 0 Å². The van der Waals surface area contributed by atoms with E-state index in [1.165, 1.54) is 12.8 Å². The molecule has 0 aromatic heterocycles. The topological polar surface area (TPSA) is 55.8 Å². The van der Waals surface area contributed by atoms with Crippen LogP contribution in [0.15, 0.2) is 0 Å². The minimum atomic E-state index is -0.455. The van der Waals surface area contributed by atoms with E-state index in [2.05, 4.69) is 34.6 Å². The maximum Gasteiger partial charge on any atom is 0.171 e. The third-order valence-corrected chi connectivity index (χ3v) is 12.5. The summed E-state index contributed by atoms with van der Waals surface area (Å²) < 4.78 is 13.2. The Hall–Kier alpha value is -0.450. The van der Waals surface area contributed by atoms with Crippen molar-refractivity contribution in [2.75, 3.05) is 6.61 Å². The van der Waals surface area contributed by atoms with Crippen LogP contribution in [0.4, 0.5) is 0 Å². The maximum atomic E-state index is 14.1. The molecule has 0 aromatic rings. The first-order chi connectivity index (χ1) is 15.0. The number of carbonyl (C=O) groups excluding carboxylic acids is 1. The Balaban J connectivity index is 1.32. The number of hydrogen-bond acceptors (Lipinski definition) is 4. The standard InChI is InChI=1S/C28H44O4/c1-16-6-11-28(31-15-16)17(2)24-22(32-28)12-21-19-8-9-25(3)14-18(29)7-10-26(25,4)20(19)13-23(30)27(21,24)5/h16-22,24,29H,6-15H2,1-5H3/t16-,17+,18+,19-,20+,21+,22+,24+,25+,26-,27-,28-/m1/s1. The summed E-state index contributed by atoms with van der Waals surface area (Å²) in [6, 6.07) is 0. The molecule has 4 saturated carbocycles. The number of Topliss-reactive ketones (excluding diaryl/α,β-unsaturated/α-hetero) is 1. The molecule has 2 heterocycles. The molecule has 1 spiro atoms. The first-order valence-corrected chi connectivity index (χ1v) is 13.6. The van der Waals surface area contributed by atoms with Gasteiger partial charge in [0.2, 0.25) is 0 Å². The number of aliphatic hydroxyl groups is 1. The Labute approximate surface area is 194 Å². The molecule has 32 heavy (non-hydrogen) atoms. The second kappa shape index (κ2) is 6.82. The number of rotatable bonds is 0. The molecule has 4 heteroatoms. The molecule has 180 valence electrons. The molecule has 6 rings (SSSR count). The number of aliphatic hydroxyl groups excluding tert-OH is 1. The first kappa shape index (κ1) is 22.0. The van der Waals surface area contributed by atoms with E-state index in [0.717, 1.165) is 51.6 Å². The number of hydrogen-bond donors (Lipinski definition) is 1. The molecule has 2 aliphatic heterocycles. The summed E-state index contributed by atoms with van der Waals surface area (Å²) in [7, 11) is 0. The Morgan fingerprint density at radius 1 is 1.00 bits per heavy atom. The Bertz CT molecular complexity index is 801. The lowest BCUT2D eigenvalue weighted by molar-refractivity contribution is -0.272. The summed E-state index contributed by atoms with van der Waals surface area (Å²) in [4.78, 5) is 14.1. The fourth-order valence-electron chi connectivity index (χ4n) is 10.3. The normalized spacial score (nSPS) is 61.8. The van der Waals surface area contributed by atoms with Gasteiger partial charge in [-0.15, -0.1) is 0 Å². The molecule has 1 N–H and O–H groups in total. The van der Waals surface area contributed by atoms with Crippen LogP contribution in [-0.2, 0) is 14.3 Å². The van der Waals surface area contributed by atoms with E-state index >= 15 is 0 Å². The summed E-state index contributed by atoms with van der Waals surface area (Å²) in [5.74, 6) is 2.76. The SMILES string of the molecule is C[C@@H]1CC[C@@]2(OC1)O[C@H]1C[C@H]3[C@@H]4CC[C@@]5(C)C[C@@H](O)CC[C@]5(C)[C@H]4CC(=O)[C@]3(C)[C@H]1[C@@H]2C. The van der Waals surface area contributed by atoms with Gasteiger partial charge in [0.05, 0.1) is 18.8 Å². The van der Waals surface area contributed by atoms with E-state index in [0.29, 0.717) is 35.4 Å². The van der Waals surface area contributed by atoms with Gasteiger partial charge in [-0.2, -0.15) is 0 Å². The smallest absolute Gasteiger partial charge is 0.171 e. The van der Waals surface area contributed by atoms with Crippen LogP contribution in [0.1, 0.15) is 92.4 Å². The van der Waals surface area contributed by atoms with Crippen molar-refractivity contribution in [3.8, 4) is 0 Å². The van der Waals surface area contributed by atoms with E-state index in [1.54, 1.807) is 0 Å². The largest absolute Gasteiger partial charge is 0.393 e. The lowest BCUT2D eigenvalue weighted by Gasteiger charge is -2.64. The third-order valence-electron chi connectivity index (χ3n) is 12.5. The second-order valence-electron chi connectivity index (χ2n) is 13.7. The van der Waals surface area contributed by atoms with Crippen LogP contribution in [0.25, 0.3) is 0 Å². The van der Waals surface area contributed by atoms with Crippen molar-refractivity contribution in [1.29, 1.82) is 0 Å². The van der Waals surface area contributed by atoms with Gasteiger partial charge in [-0.05, 0) is 79.4 Å². The summed E-state index contributed by atoms with van der Waals surface area (Å²) in [5, 5.41) is 10.4. The Morgan fingerprint density at radius 3 is 2.50 bits per heavy atom. The molecule has 6 aliphatic rings. The average Bonchev–Trinajstić information content (AvgIpc) is 3.18. The molecule has 12 atom stereocenters. The highest BCUT2D eigenvalue weighted by atomic mass is 16.7. The van der Waals surface area contributed by atoms with Gasteiger partial charge in [-0.1, -0.05) is 34.6 Å². The van der Waals surface area contributed by atoms with Crippen LogP contribution in [0.3, 0.4) is 0 Å². The van der Waals surface area contributed by atoms with Gasteiger partial charge in [0.1, 0.15) is 5.78 Å². The van der Waals surface area contributed by atoms with Gasteiger partial charge in [0.15, 0.2) is 5.79 Å². The summed E-state index contributed by atoms with van der Waals surface area (Å²) >= 11 is 0. The number of carbonyl (C=O) groups is 1. The van der Waals surface area contributed by atoms with Crippen LogP contribution >= 0.6 is 0 Å². The quantitative estimate of drug-likeness (QED) is 0.546. The van der Waals surface area contributed by atoms with E-state index in [1.807, 2.05) is 0 Å². The Morgan fingerprint density at radius 2 is 1.78 bits per heavy atom. The highest BCUT2D eigenvalue weighted by Gasteiger charge is 2.72. The van der Waals surface area contributed by atoms with Gasteiger partial charge in [-0.25, -0.2) is 0 Å². The molecule has 0 radical (unpaired) electrons. The lowest BCUT2D eigenvalue weighted by atomic mass is 9.40. The molecule has 0 unspecified atom stereocenters. The van der Waals surface area contributed by atoms with Crippen molar-refractivity contribution in [2.24, 2.45) is 51.8 Å². The fraction of sp³-hybridized carbons (Fsp3) is 0.964. The molecule has 0 aromatic carbocycles. The van der Waals surface area contributed by atoms with Crippen molar-refractivity contribution >= 4 is 5.78 Å². The molecular formula is C28H44O4. The number of fused-ring (bicyclic) bond motifs is 7. The number of ketones is 1. The highest BCUT2D eigenvalue weighted by Crippen LogP contribution is 2.72. The molecule has 4 aliphatic carbocycles. The lowest BCUT2D eigenvalue weighted by Crippen LogP contribution is -2.61. The first-order valence-electron chi connectivity index (χ1n) is 13.6. The Kier molecular flexibility index (Phi) is 4.70. The highest BCUT2D eigenvalue weighted by molar-refractivity contribution is 5.87. The monoisotopic (exact) mass is 444 g/mol. The van der Waals surface area contributed by atoms with Crippen LogP contribution in [-0.4, -0.2) is 35.5 Å².